The molecule has 0 fully saturated rings. The van der Waals surface area contributed by atoms with Crippen molar-refractivity contribution < 1.29 is 4.39 Å². The Morgan fingerprint density at radius 3 is 2.26 bits per heavy atom. The van der Waals surface area contributed by atoms with E-state index in [0.717, 1.165) is 6.54 Å². The largest absolute Gasteiger partial charge is 0.319 e. The molecule has 0 amide bonds. The highest BCUT2D eigenvalue weighted by Crippen LogP contribution is 2.22. The van der Waals surface area contributed by atoms with Gasteiger partial charge in [-0.3, -0.25) is 0 Å². The summed E-state index contributed by atoms with van der Waals surface area (Å²) in [4.78, 5) is 0. The van der Waals surface area contributed by atoms with Gasteiger partial charge in [0.05, 0.1) is 0 Å². The van der Waals surface area contributed by atoms with Gasteiger partial charge in [0, 0.05) is 6.54 Å². The number of unbranched alkanes of at least 4 members (excludes halogenated alkanes) is 5. The van der Waals surface area contributed by atoms with Gasteiger partial charge >= 0.3 is 0 Å². The van der Waals surface area contributed by atoms with E-state index in [2.05, 4.69) is 12.2 Å². The highest BCUT2D eigenvalue weighted by Gasteiger charge is 2.10. The first-order valence-electron chi connectivity index (χ1n) is 7.68. The van der Waals surface area contributed by atoms with Crippen LogP contribution in [0.15, 0.2) is 24.3 Å². The van der Waals surface area contributed by atoms with E-state index < -0.39 is 0 Å². The number of benzene rings is 1. The van der Waals surface area contributed by atoms with Gasteiger partial charge in [0.2, 0.25) is 0 Å². The lowest BCUT2D eigenvalue weighted by molar-refractivity contribution is 0.521. The van der Waals surface area contributed by atoms with E-state index in [9.17, 15) is 4.39 Å². The highest BCUT2D eigenvalue weighted by atomic mass is 19.1. The topological polar surface area (TPSA) is 12.0 Å². The summed E-state index contributed by atoms with van der Waals surface area (Å²) in [5, 5.41) is 3.25. The lowest BCUT2D eigenvalue weighted by Gasteiger charge is -2.17. The van der Waals surface area contributed by atoms with Gasteiger partial charge in [-0.15, -0.1) is 0 Å². The molecule has 0 aliphatic heterocycles. The van der Waals surface area contributed by atoms with E-state index in [-0.39, 0.29) is 5.82 Å². The van der Waals surface area contributed by atoms with Crippen LogP contribution in [0.2, 0.25) is 0 Å². The monoisotopic (exact) mass is 265 g/mol. The van der Waals surface area contributed by atoms with Gasteiger partial charge in [0.15, 0.2) is 0 Å². The number of likely N-dealkylation sites (N-methyl/N-ethyl adjacent to an activating group) is 1. The molecule has 1 unspecified atom stereocenters. The third-order valence-electron chi connectivity index (χ3n) is 3.70. The van der Waals surface area contributed by atoms with Gasteiger partial charge in [-0.2, -0.15) is 0 Å². The number of rotatable bonds is 10. The Bertz CT molecular complexity index is 321. The molecule has 1 rings (SSSR count). The molecule has 0 spiro atoms. The van der Waals surface area contributed by atoms with E-state index >= 15 is 0 Å². The van der Waals surface area contributed by atoms with Crippen molar-refractivity contribution in [1.82, 2.24) is 5.32 Å². The molecule has 1 nitrogen and oxygen atoms in total. The molecule has 0 radical (unpaired) electrons. The maximum absolute atomic E-state index is 12.9. The van der Waals surface area contributed by atoms with Crippen LogP contribution in [0.4, 0.5) is 4.39 Å². The molecule has 0 bridgehead atoms. The summed E-state index contributed by atoms with van der Waals surface area (Å²) in [5.41, 5.74) is 1.25. The number of hydrogen-bond acceptors (Lipinski definition) is 1. The van der Waals surface area contributed by atoms with E-state index in [1.807, 2.05) is 19.2 Å². The van der Waals surface area contributed by atoms with Crippen LogP contribution in [0.3, 0.4) is 0 Å². The van der Waals surface area contributed by atoms with Crippen LogP contribution in [0, 0.1) is 5.82 Å². The minimum atomic E-state index is -0.147. The second-order valence-electron chi connectivity index (χ2n) is 5.36. The first-order valence-corrected chi connectivity index (χ1v) is 7.68. The van der Waals surface area contributed by atoms with Gasteiger partial charge in [-0.25, -0.2) is 4.39 Å². The number of hydrogen-bond donors (Lipinski definition) is 1. The Balaban J connectivity index is 2.34. The average molecular weight is 265 g/mol. The zero-order valence-electron chi connectivity index (χ0n) is 12.4. The molecular weight excluding hydrogens is 237 g/mol. The van der Waals surface area contributed by atoms with E-state index in [1.165, 1.54) is 50.5 Å². The summed E-state index contributed by atoms with van der Waals surface area (Å²) in [7, 11) is 1.98. The van der Waals surface area contributed by atoms with Gasteiger partial charge in [-0.1, -0.05) is 57.6 Å². The molecule has 108 valence electrons. The Kier molecular flexibility index (Phi) is 8.48. The fraction of sp³-hybridized carbons (Fsp3) is 0.647. The zero-order chi connectivity index (χ0) is 13.9. The summed E-state index contributed by atoms with van der Waals surface area (Å²) < 4.78 is 12.9. The average Bonchev–Trinajstić information content (AvgIpc) is 2.42. The molecule has 2 heteroatoms. The van der Waals surface area contributed by atoms with Crippen LogP contribution in [-0.4, -0.2) is 13.6 Å². The fourth-order valence-electron chi connectivity index (χ4n) is 2.54. The molecule has 1 aromatic rings. The van der Waals surface area contributed by atoms with Crippen LogP contribution < -0.4 is 5.32 Å². The van der Waals surface area contributed by atoms with Crippen molar-refractivity contribution in [3.63, 3.8) is 0 Å². The Labute approximate surface area is 117 Å². The highest BCUT2D eigenvalue weighted by molar-refractivity contribution is 5.20. The van der Waals surface area contributed by atoms with Crippen LogP contribution in [0.25, 0.3) is 0 Å². The van der Waals surface area contributed by atoms with Crippen LogP contribution in [-0.2, 0) is 0 Å². The molecule has 0 aliphatic carbocycles. The van der Waals surface area contributed by atoms with Gasteiger partial charge in [-0.05, 0) is 37.1 Å². The Morgan fingerprint density at radius 1 is 1.00 bits per heavy atom. The van der Waals surface area contributed by atoms with E-state index in [4.69, 9.17) is 0 Å². The summed E-state index contributed by atoms with van der Waals surface area (Å²) in [6.45, 7) is 3.22. The van der Waals surface area contributed by atoms with Crippen LogP contribution in [0.1, 0.15) is 63.4 Å². The second kappa shape index (κ2) is 9.96. The van der Waals surface area contributed by atoms with Gasteiger partial charge in [0.25, 0.3) is 0 Å². The van der Waals surface area contributed by atoms with Crippen molar-refractivity contribution in [1.29, 1.82) is 0 Å². The van der Waals surface area contributed by atoms with E-state index in [0.29, 0.717) is 5.92 Å². The second-order valence-corrected chi connectivity index (χ2v) is 5.36. The molecule has 0 aliphatic rings. The molecule has 19 heavy (non-hydrogen) atoms. The molecule has 0 saturated heterocycles. The quantitative estimate of drug-likeness (QED) is 0.595. The lowest BCUT2D eigenvalue weighted by Crippen LogP contribution is -2.17. The maximum Gasteiger partial charge on any atom is 0.123 e. The fourth-order valence-corrected chi connectivity index (χ4v) is 2.54. The summed E-state index contributed by atoms with van der Waals surface area (Å²) >= 11 is 0. The van der Waals surface area contributed by atoms with Crippen molar-refractivity contribution in [2.75, 3.05) is 13.6 Å². The summed E-state index contributed by atoms with van der Waals surface area (Å²) in [6.07, 6.45) is 9.16. The third kappa shape index (κ3) is 6.72. The molecule has 0 heterocycles. The minimum Gasteiger partial charge on any atom is -0.319 e. The molecule has 0 aromatic heterocycles. The summed E-state index contributed by atoms with van der Waals surface area (Å²) in [5.74, 6) is 0.364. The molecule has 1 aromatic carbocycles. The number of nitrogens with one attached hydrogen (secondary N) is 1. The van der Waals surface area contributed by atoms with Gasteiger partial charge in [0.1, 0.15) is 5.82 Å². The molecular formula is C17H28FN. The normalized spacial score (nSPS) is 12.6. The van der Waals surface area contributed by atoms with Crippen molar-refractivity contribution in [3.8, 4) is 0 Å². The lowest BCUT2D eigenvalue weighted by atomic mass is 9.93. The van der Waals surface area contributed by atoms with Crippen molar-refractivity contribution in [3.05, 3.63) is 35.6 Å². The Hall–Kier alpha value is -0.890. The van der Waals surface area contributed by atoms with Gasteiger partial charge < -0.3 is 5.32 Å². The minimum absolute atomic E-state index is 0.147. The number of halogens is 1. The maximum atomic E-state index is 12.9. The zero-order valence-corrected chi connectivity index (χ0v) is 12.4. The van der Waals surface area contributed by atoms with Crippen molar-refractivity contribution in [2.45, 2.75) is 57.8 Å². The first-order chi connectivity index (χ1) is 9.27. The predicted octanol–water partition coefficient (Wildman–Crippen LogP) is 4.88. The molecule has 0 saturated carbocycles. The molecule has 1 N–H and O–H groups in total. The smallest absolute Gasteiger partial charge is 0.123 e. The van der Waals surface area contributed by atoms with E-state index in [1.54, 1.807) is 12.1 Å². The standard InChI is InChI=1S/C17H28FN/c1-3-4-5-6-7-8-9-16(14-19-2)15-10-12-17(18)13-11-15/h10-13,16,19H,3-9,14H2,1-2H3. The summed E-state index contributed by atoms with van der Waals surface area (Å²) in [6, 6.07) is 6.99. The van der Waals surface area contributed by atoms with Crippen LogP contribution in [0.5, 0.6) is 0 Å². The first kappa shape index (κ1) is 16.2. The van der Waals surface area contributed by atoms with Crippen molar-refractivity contribution >= 4 is 0 Å². The Morgan fingerprint density at radius 2 is 1.63 bits per heavy atom. The third-order valence-corrected chi connectivity index (χ3v) is 3.70. The van der Waals surface area contributed by atoms with Crippen LogP contribution >= 0.6 is 0 Å². The van der Waals surface area contributed by atoms with Crippen molar-refractivity contribution in [2.24, 2.45) is 0 Å². The molecule has 1 atom stereocenters. The predicted molar refractivity (Wildman–Crippen MR) is 81.1 cm³/mol. The SMILES string of the molecule is CCCCCCCCC(CNC)c1ccc(F)cc1.